The molecule has 0 unspecified atom stereocenters. The largest absolute Gasteiger partial charge is 0.449 e. The van der Waals surface area contributed by atoms with Gasteiger partial charge in [0.15, 0.2) is 0 Å². The molecule has 0 N–H and O–H groups in total. The van der Waals surface area contributed by atoms with Crippen molar-refractivity contribution in [2.45, 2.75) is 13.8 Å². The Morgan fingerprint density at radius 3 is 2.24 bits per heavy atom. The first-order chi connectivity index (χ1) is 8.04. The normalized spacial score (nSPS) is 15.9. The number of hydrogen-bond donors (Lipinski definition) is 0. The molecule has 0 aromatic carbocycles. The molecule has 0 aromatic heterocycles. The van der Waals surface area contributed by atoms with Crippen LogP contribution in [0.4, 0.5) is 4.79 Å². The molecule has 0 radical (unpaired) electrons. The Balaban J connectivity index is 2.33. The first kappa shape index (κ1) is 13.5. The SMILES string of the molecule is C=CC(=O)N1CCN(C(=O)OCC(C)C)CC1. The molecule has 0 spiro atoms. The van der Waals surface area contributed by atoms with Gasteiger partial charge in [-0.2, -0.15) is 0 Å². The molecule has 0 bridgehead atoms. The highest BCUT2D eigenvalue weighted by molar-refractivity contribution is 5.87. The van der Waals surface area contributed by atoms with Crippen LogP contribution in [0.5, 0.6) is 0 Å². The van der Waals surface area contributed by atoms with Crippen molar-refractivity contribution in [1.29, 1.82) is 0 Å². The summed E-state index contributed by atoms with van der Waals surface area (Å²) in [6, 6.07) is 0. The van der Waals surface area contributed by atoms with Crippen molar-refractivity contribution in [3.8, 4) is 0 Å². The molecule has 17 heavy (non-hydrogen) atoms. The van der Waals surface area contributed by atoms with Crippen LogP contribution >= 0.6 is 0 Å². The number of hydrogen-bond acceptors (Lipinski definition) is 3. The molecule has 1 fully saturated rings. The van der Waals surface area contributed by atoms with Gasteiger partial charge in [-0.3, -0.25) is 4.79 Å². The Kier molecular flexibility index (Phi) is 5.00. The minimum atomic E-state index is -0.288. The summed E-state index contributed by atoms with van der Waals surface area (Å²) in [5.74, 6) is 0.253. The molecular weight excluding hydrogens is 220 g/mol. The van der Waals surface area contributed by atoms with Crippen LogP contribution in [0.3, 0.4) is 0 Å². The van der Waals surface area contributed by atoms with Crippen molar-refractivity contribution >= 4 is 12.0 Å². The molecule has 1 aliphatic heterocycles. The van der Waals surface area contributed by atoms with Gasteiger partial charge in [-0.25, -0.2) is 4.79 Å². The smallest absolute Gasteiger partial charge is 0.409 e. The molecule has 5 heteroatoms. The lowest BCUT2D eigenvalue weighted by molar-refractivity contribution is -0.127. The fraction of sp³-hybridized carbons (Fsp3) is 0.667. The molecule has 0 saturated carbocycles. The van der Waals surface area contributed by atoms with Crippen molar-refractivity contribution < 1.29 is 14.3 Å². The predicted molar refractivity (Wildman–Crippen MR) is 64.5 cm³/mol. The topological polar surface area (TPSA) is 49.9 Å². The lowest BCUT2D eigenvalue weighted by atomic mass is 10.2. The van der Waals surface area contributed by atoms with Gasteiger partial charge in [-0.05, 0) is 12.0 Å². The summed E-state index contributed by atoms with van der Waals surface area (Å²) >= 11 is 0. The van der Waals surface area contributed by atoms with Gasteiger partial charge in [0.05, 0.1) is 6.61 Å². The Hall–Kier alpha value is -1.52. The average molecular weight is 240 g/mol. The van der Waals surface area contributed by atoms with E-state index in [0.717, 1.165) is 0 Å². The van der Waals surface area contributed by atoms with E-state index in [9.17, 15) is 9.59 Å². The first-order valence-electron chi connectivity index (χ1n) is 5.87. The molecule has 1 heterocycles. The van der Waals surface area contributed by atoms with E-state index in [0.29, 0.717) is 38.7 Å². The molecular formula is C12H20N2O3. The van der Waals surface area contributed by atoms with Crippen LogP contribution in [-0.4, -0.2) is 54.6 Å². The molecule has 1 aliphatic rings. The molecule has 0 aliphatic carbocycles. The average Bonchev–Trinajstić information content (AvgIpc) is 2.35. The van der Waals surface area contributed by atoms with Gasteiger partial charge in [0.25, 0.3) is 0 Å². The summed E-state index contributed by atoms with van der Waals surface area (Å²) in [5, 5.41) is 0. The lowest BCUT2D eigenvalue weighted by Crippen LogP contribution is -2.50. The number of carbonyl (C=O) groups is 2. The van der Waals surface area contributed by atoms with Crippen LogP contribution in [0.25, 0.3) is 0 Å². The van der Waals surface area contributed by atoms with E-state index in [1.165, 1.54) is 6.08 Å². The number of amides is 2. The zero-order chi connectivity index (χ0) is 12.8. The summed E-state index contributed by atoms with van der Waals surface area (Å²) in [5.41, 5.74) is 0. The zero-order valence-electron chi connectivity index (χ0n) is 10.5. The highest BCUT2D eigenvalue weighted by Crippen LogP contribution is 2.05. The van der Waals surface area contributed by atoms with Gasteiger partial charge in [0, 0.05) is 26.2 Å². The molecule has 2 amide bonds. The van der Waals surface area contributed by atoms with Crippen molar-refractivity contribution in [1.82, 2.24) is 9.80 Å². The van der Waals surface area contributed by atoms with Gasteiger partial charge in [0.1, 0.15) is 0 Å². The Morgan fingerprint density at radius 1 is 1.24 bits per heavy atom. The molecule has 0 aromatic rings. The maximum Gasteiger partial charge on any atom is 0.409 e. The summed E-state index contributed by atoms with van der Waals surface area (Å²) in [6.45, 7) is 10.0. The maximum atomic E-state index is 11.6. The van der Waals surface area contributed by atoms with Crippen molar-refractivity contribution in [2.24, 2.45) is 5.92 Å². The number of piperazine rings is 1. The minimum absolute atomic E-state index is 0.0832. The lowest BCUT2D eigenvalue weighted by Gasteiger charge is -2.33. The first-order valence-corrected chi connectivity index (χ1v) is 5.87. The highest BCUT2D eigenvalue weighted by atomic mass is 16.6. The Bertz CT molecular complexity index is 294. The molecule has 5 nitrogen and oxygen atoms in total. The van der Waals surface area contributed by atoms with E-state index in [-0.39, 0.29) is 12.0 Å². The summed E-state index contributed by atoms with van der Waals surface area (Å²) in [4.78, 5) is 26.3. The van der Waals surface area contributed by atoms with E-state index in [1.807, 2.05) is 13.8 Å². The summed E-state index contributed by atoms with van der Waals surface area (Å²) in [6.07, 6.45) is 1.01. The van der Waals surface area contributed by atoms with Crippen LogP contribution in [-0.2, 0) is 9.53 Å². The van der Waals surface area contributed by atoms with Crippen LogP contribution < -0.4 is 0 Å². The third kappa shape index (κ3) is 4.09. The quantitative estimate of drug-likeness (QED) is 0.694. The van der Waals surface area contributed by atoms with Gasteiger partial charge >= 0.3 is 6.09 Å². The second kappa shape index (κ2) is 6.27. The number of ether oxygens (including phenoxy) is 1. The zero-order valence-corrected chi connectivity index (χ0v) is 10.5. The van der Waals surface area contributed by atoms with Gasteiger partial charge < -0.3 is 14.5 Å². The van der Waals surface area contributed by atoms with Crippen LogP contribution in [0, 0.1) is 5.92 Å². The highest BCUT2D eigenvalue weighted by Gasteiger charge is 2.23. The van der Waals surface area contributed by atoms with Crippen molar-refractivity contribution in [3.05, 3.63) is 12.7 Å². The van der Waals surface area contributed by atoms with Crippen molar-refractivity contribution in [3.63, 3.8) is 0 Å². The summed E-state index contributed by atoms with van der Waals surface area (Å²) in [7, 11) is 0. The monoisotopic (exact) mass is 240 g/mol. The summed E-state index contributed by atoms with van der Waals surface area (Å²) < 4.78 is 5.13. The molecule has 0 atom stereocenters. The van der Waals surface area contributed by atoms with Crippen LogP contribution in [0.15, 0.2) is 12.7 Å². The number of carbonyl (C=O) groups excluding carboxylic acids is 2. The van der Waals surface area contributed by atoms with Gasteiger partial charge in [0.2, 0.25) is 5.91 Å². The van der Waals surface area contributed by atoms with E-state index < -0.39 is 0 Å². The molecule has 1 saturated heterocycles. The number of rotatable bonds is 3. The molecule has 96 valence electrons. The predicted octanol–water partition coefficient (Wildman–Crippen LogP) is 1.11. The van der Waals surface area contributed by atoms with Crippen molar-refractivity contribution in [2.75, 3.05) is 32.8 Å². The Morgan fingerprint density at radius 2 is 1.76 bits per heavy atom. The minimum Gasteiger partial charge on any atom is -0.449 e. The second-order valence-corrected chi connectivity index (χ2v) is 4.49. The van der Waals surface area contributed by atoms with E-state index >= 15 is 0 Å². The standard InChI is InChI=1S/C12H20N2O3/c1-4-11(15)13-5-7-14(8-6-13)12(16)17-9-10(2)3/h4,10H,1,5-9H2,2-3H3. The third-order valence-corrected chi connectivity index (χ3v) is 2.56. The fourth-order valence-electron chi connectivity index (χ4n) is 1.57. The van der Waals surface area contributed by atoms with Crippen LogP contribution in [0.2, 0.25) is 0 Å². The maximum absolute atomic E-state index is 11.6. The van der Waals surface area contributed by atoms with E-state index in [1.54, 1.807) is 9.80 Å². The second-order valence-electron chi connectivity index (χ2n) is 4.49. The number of nitrogens with zero attached hydrogens (tertiary/aromatic N) is 2. The Labute approximate surface area is 102 Å². The van der Waals surface area contributed by atoms with Gasteiger partial charge in [-0.15, -0.1) is 0 Å². The van der Waals surface area contributed by atoms with E-state index in [4.69, 9.17) is 4.74 Å². The fourth-order valence-corrected chi connectivity index (χ4v) is 1.57. The van der Waals surface area contributed by atoms with Crippen LogP contribution in [0.1, 0.15) is 13.8 Å². The van der Waals surface area contributed by atoms with Gasteiger partial charge in [-0.1, -0.05) is 20.4 Å². The van der Waals surface area contributed by atoms with E-state index in [2.05, 4.69) is 6.58 Å². The third-order valence-electron chi connectivity index (χ3n) is 2.56. The molecule has 1 rings (SSSR count).